The Morgan fingerprint density at radius 3 is 2.56 bits per heavy atom. The molecule has 0 aliphatic rings. The molecule has 2 atom stereocenters. The first kappa shape index (κ1) is 15.0. The van der Waals surface area contributed by atoms with Crippen LogP contribution in [0, 0.1) is 0 Å². The third-order valence-corrected chi connectivity index (χ3v) is 3.15. The molecule has 1 aromatic carbocycles. The van der Waals surface area contributed by atoms with Crippen molar-refractivity contribution in [2.75, 3.05) is 19.8 Å². The standard InChI is InChI=1S/C15H25NO2/c1-4-12(3)14-8-6-7-9-15(14)18-11-13(10-16)17-5-2/h6-9,12-13H,4-5,10-11,16H2,1-3H3. The normalized spacial score (nSPS) is 14.2. The summed E-state index contributed by atoms with van der Waals surface area (Å²) in [6.45, 7) is 8.03. The van der Waals surface area contributed by atoms with Crippen LogP contribution in [0.25, 0.3) is 0 Å². The van der Waals surface area contributed by atoms with E-state index in [2.05, 4.69) is 26.0 Å². The van der Waals surface area contributed by atoms with Gasteiger partial charge in [-0.2, -0.15) is 0 Å². The Bertz CT molecular complexity index is 341. The first-order chi connectivity index (χ1) is 8.72. The molecule has 2 unspecified atom stereocenters. The highest BCUT2D eigenvalue weighted by Crippen LogP contribution is 2.28. The van der Waals surface area contributed by atoms with E-state index in [0.29, 0.717) is 25.7 Å². The second-order valence-electron chi connectivity index (χ2n) is 4.47. The molecule has 2 N–H and O–H groups in total. The summed E-state index contributed by atoms with van der Waals surface area (Å²) in [5, 5.41) is 0. The fourth-order valence-corrected chi connectivity index (χ4v) is 1.84. The van der Waals surface area contributed by atoms with Gasteiger partial charge in [-0.1, -0.05) is 32.0 Å². The van der Waals surface area contributed by atoms with Crippen LogP contribution in [0.2, 0.25) is 0 Å². The molecule has 0 saturated heterocycles. The van der Waals surface area contributed by atoms with E-state index in [1.165, 1.54) is 5.56 Å². The summed E-state index contributed by atoms with van der Waals surface area (Å²) in [4.78, 5) is 0. The zero-order valence-corrected chi connectivity index (χ0v) is 11.7. The van der Waals surface area contributed by atoms with Crippen molar-refractivity contribution in [2.45, 2.75) is 39.2 Å². The van der Waals surface area contributed by atoms with Crippen LogP contribution in [0.1, 0.15) is 38.7 Å². The van der Waals surface area contributed by atoms with Crippen LogP contribution in [0.4, 0.5) is 0 Å². The van der Waals surface area contributed by atoms with E-state index in [4.69, 9.17) is 15.2 Å². The molecule has 0 aromatic heterocycles. The van der Waals surface area contributed by atoms with E-state index in [9.17, 15) is 0 Å². The summed E-state index contributed by atoms with van der Waals surface area (Å²) in [6, 6.07) is 8.19. The highest BCUT2D eigenvalue weighted by molar-refractivity contribution is 5.35. The quantitative estimate of drug-likeness (QED) is 0.772. The fourth-order valence-electron chi connectivity index (χ4n) is 1.84. The second-order valence-corrected chi connectivity index (χ2v) is 4.47. The highest BCUT2D eigenvalue weighted by Gasteiger charge is 2.12. The Labute approximate surface area is 110 Å². The maximum atomic E-state index is 5.86. The first-order valence-electron chi connectivity index (χ1n) is 6.76. The molecule has 0 amide bonds. The summed E-state index contributed by atoms with van der Waals surface area (Å²) >= 11 is 0. The zero-order chi connectivity index (χ0) is 13.4. The predicted octanol–water partition coefficient (Wildman–Crippen LogP) is 2.94. The predicted molar refractivity (Wildman–Crippen MR) is 75.1 cm³/mol. The maximum absolute atomic E-state index is 5.86. The van der Waals surface area contributed by atoms with Crippen molar-refractivity contribution >= 4 is 0 Å². The zero-order valence-electron chi connectivity index (χ0n) is 11.7. The number of nitrogens with two attached hydrogens (primary N) is 1. The fraction of sp³-hybridized carbons (Fsp3) is 0.600. The van der Waals surface area contributed by atoms with Crippen LogP contribution in [-0.4, -0.2) is 25.9 Å². The minimum absolute atomic E-state index is 0.0278. The molecular weight excluding hydrogens is 226 g/mol. The van der Waals surface area contributed by atoms with Gasteiger partial charge >= 0.3 is 0 Å². The van der Waals surface area contributed by atoms with Crippen LogP contribution in [0.5, 0.6) is 5.75 Å². The number of hydrogen-bond acceptors (Lipinski definition) is 3. The van der Waals surface area contributed by atoms with Gasteiger partial charge in [0.25, 0.3) is 0 Å². The Hall–Kier alpha value is -1.06. The summed E-state index contributed by atoms with van der Waals surface area (Å²) in [6.07, 6.45) is 1.08. The van der Waals surface area contributed by atoms with Crippen molar-refractivity contribution in [1.29, 1.82) is 0 Å². The molecule has 0 aliphatic heterocycles. The van der Waals surface area contributed by atoms with E-state index >= 15 is 0 Å². The topological polar surface area (TPSA) is 44.5 Å². The third-order valence-electron chi connectivity index (χ3n) is 3.15. The summed E-state index contributed by atoms with van der Waals surface area (Å²) in [5.41, 5.74) is 6.90. The second kappa shape index (κ2) is 8.11. The smallest absolute Gasteiger partial charge is 0.122 e. The van der Waals surface area contributed by atoms with Crippen LogP contribution >= 0.6 is 0 Å². The van der Waals surface area contributed by atoms with Gasteiger partial charge in [0.05, 0.1) is 0 Å². The van der Waals surface area contributed by atoms with Crippen molar-refractivity contribution in [3.8, 4) is 5.75 Å². The van der Waals surface area contributed by atoms with E-state index in [-0.39, 0.29) is 6.10 Å². The number of rotatable bonds is 8. The third kappa shape index (κ3) is 4.31. The average Bonchev–Trinajstić information content (AvgIpc) is 2.43. The number of para-hydroxylation sites is 1. The van der Waals surface area contributed by atoms with Crippen LogP contribution in [0.15, 0.2) is 24.3 Å². The molecule has 0 fully saturated rings. The minimum atomic E-state index is -0.0278. The van der Waals surface area contributed by atoms with Crippen molar-refractivity contribution < 1.29 is 9.47 Å². The number of hydrogen-bond donors (Lipinski definition) is 1. The molecule has 0 heterocycles. The van der Waals surface area contributed by atoms with Crippen molar-refractivity contribution in [1.82, 2.24) is 0 Å². The van der Waals surface area contributed by atoms with E-state index < -0.39 is 0 Å². The molecule has 1 aromatic rings. The van der Waals surface area contributed by atoms with E-state index in [1.807, 2.05) is 19.1 Å². The van der Waals surface area contributed by atoms with Gasteiger partial charge in [0, 0.05) is 13.2 Å². The first-order valence-corrected chi connectivity index (χ1v) is 6.76. The highest BCUT2D eigenvalue weighted by atomic mass is 16.5. The minimum Gasteiger partial charge on any atom is -0.491 e. The number of benzene rings is 1. The molecule has 0 radical (unpaired) electrons. The van der Waals surface area contributed by atoms with Gasteiger partial charge in [0.1, 0.15) is 18.5 Å². The van der Waals surface area contributed by atoms with Gasteiger partial charge < -0.3 is 15.2 Å². The molecule has 0 spiro atoms. The lowest BCUT2D eigenvalue weighted by Gasteiger charge is -2.19. The van der Waals surface area contributed by atoms with Crippen molar-refractivity contribution in [2.24, 2.45) is 5.73 Å². The van der Waals surface area contributed by atoms with Gasteiger partial charge in [-0.15, -0.1) is 0 Å². The largest absolute Gasteiger partial charge is 0.491 e. The van der Waals surface area contributed by atoms with E-state index in [1.54, 1.807) is 0 Å². The van der Waals surface area contributed by atoms with Crippen molar-refractivity contribution in [3.05, 3.63) is 29.8 Å². The van der Waals surface area contributed by atoms with Crippen molar-refractivity contribution in [3.63, 3.8) is 0 Å². The Kier molecular flexibility index (Phi) is 6.76. The Morgan fingerprint density at radius 1 is 1.22 bits per heavy atom. The van der Waals surface area contributed by atoms with Crippen LogP contribution in [0.3, 0.4) is 0 Å². The monoisotopic (exact) mass is 251 g/mol. The molecule has 102 valence electrons. The van der Waals surface area contributed by atoms with Crippen LogP contribution in [-0.2, 0) is 4.74 Å². The van der Waals surface area contributed by atoms with Gasteiger partial charge in [-0.25, -0.2) is 0 Å². The summed E-state index contributed by atoms with van der Waals surface area (Å²) < 4.78 is 11.4. The van der Waals surface area contributed by atoms with Gasteiger partial charge in [0.2, 0.25) is 0 Å². The maximum Gasteiger partial charge on any atom is 0.122 e. The number of ether oxygens (including phenoxy) is 2. The van der Waals surface area contributed by atoms with Gasteiger partial charge in [0.15, 0.2) is 0 Å². The lowest BCUT2D eigenvalue weighted by atomic mass is 9.98. The lowest BCUT2D eigenvalue weighted by Crippen LogP contribution is -2.30. The average molecular weight is 251 g/mol. The Balaban J connectivity index is 2.66. The summed E-state index contributed by atoms with van der Waals surface area (Å²) in [7, 11) is 0. The molecular formula is C15H25NO2. The SMILES string of the molecule is CCOC(CN)COc1ccccc1C(C)CC. The molecule has 3 heteroatoms. The van der Waals surface area contributed by atoms with Gasteiger partial charge in [-0.3, -0.25) is 0 Å². The lowest BCUT2D eigenvalue weighted by molar-refractivity contribution is 0.0333. The Morgan fingerprint density at radius 2 is 1.94 bits per heavy atom. The van der Waals surface area contributed by atoms with Crippen LogP contribution < -0.4 is 10.5 Å². The molecule has 1 rings (SSSR count). The molecule has 3 nitrogen and oxygen atoms in total. The van der Waals surface area contributed by atoms with E-state index in [0.717, 1.165) is 12.2 Å². The molecule has 0 aliphatic carbocycles. The molecule has 0 bridgehead atoms. The van der Waals surface area contributed by atoms with Gasteiger partial charge in [-0.05, 0) is 30.9 Å². The summed E-state index contributed by atoms with van der Waals surface area (Å²) in [5.74, 6) is 1.45. The molecule has 18 heavy (non-hydrogen) atoms. The molecule has 0 saturated carbocycles.